The molecule has 0 atom stereocenters. The van der Waals surface area contributed by atoms with Gasteiger partial charge in [0.15, 0.2) is 0 Å². The van der Waals surface area contributed by atoms with Gasteiger partial charge in [-0.15, -0.1) is 0 Å². The first-order chi connectivity index (χ1) is 5.15. The van der Waals surface area contributed by atoms with Gasteiger partial charge in [-0.1, -0.05) is 0 Å². The van der Waals surface area contributed by atoms with Gasteiger partial charge in [-0.05, 0) is 53.9 Å². The number of nitrogens with zero attached hydrogens (tertiary/aromatic N) is 1. The van der Waals surface area contributed by atoms with Gasteiger partial charge in [0.05, 0.1) is 5.69 Å². The zero-order chi connectivity index (χ0) is 8.43. The van der Waals surface area contributed by atoms with Crippen LogP contribution < -0.4 is 0 Å². The highest BCUT2D eigenvalue weighted by molar-refractivity contribution is 14.1. The third-order valence-electron chi connectivity index (χ3n) is 1.40. The zero-order valence-corrected chi connectivity index (χ0v) is 8.22. The van der Waals surface area contributed by atoms with Gasteiger partial charge in [-0.25, -0.2) is 4.39 Å². The Bertz CT molecular complexity index is 296. The average Bonchev–Trinajstić information content (AvgIpc) is 1.97. The van der Waals surface area contributed by atoms with Gasteiger partial charge in [-0.2, -0.15) is 0 Å². The van der Waals surface area contributed by atoms with Crippen LogP contribution in [0.3, 0.4) is 0 Å². The van der Waals surface area contributed by atoms with E-state index in [-0.39, 0.29) is 5.82 Å². The van der Waals surface area contributed by atoms with Crippen molar-refractivity contribution in [3.8, 4) is 0 Å². The summed E-state index contributed by atoms with van der Waals surface area (Å²) in [6.45, 7) is 5.18. The fraction of sp³-hybridized carbons (Fsp3) is 0.125. The average molecular weight is 263 g/mol. The van der Waals surface area contributed by atoms with Crippen molar-refractivity contribution in [3.05, 3.63) is 27.1 Å². The molecule has 1 nitrogen and oxygen atoms in total. The monoisotopic (exact) mass is 263 g/mol. The van der Waals surface area contributed by atoms with Crippen molar-refractivity contribution in [1.82, 2.24) is 0 Å². The maximum Gasteiger partial charge on any atom is 0.149 e. The normalized spacial score (nSPS) is 9.73. The molecule has 0 aliphatic rings. The summed E-state index contributed by atoms with van der Waals surface area (Å²) in [5.41, 5.74) is 1.34. The van der Waals surface area contributed by atoms with Gasteiger partial charge in [0.2, 0.25) is 0 Å². The lowest BCUT2D eigenvalue weighted by Gasteiger charge is -2.00. The molecular weight excluding hydrogens is 256 g/mol. The van der Waals surface area contributed by atoms with Crippen LogP contribution in [0, 0.1) is 16.3 Å². The minimum absolute atomic E-state index is 0.310. The Morgan fingerprint density at radius 3 is 2.73 bits per heavy atom. The number of hydrogen-bond acceptors (Lipinski definition) is 1. The van der Waals surface area contributed by atoms with Gasteiger partial charge < -0.3 is 0 Å². The van der Waals surface area contributed by atoms with E-state index in [1.54, 1.807) is 6.07 Å². The van der Waals surface area contributed by atoms with Crippen molar-refractivity contribution in [2.45, 2.75) is 6.92 Å². The van der Waals surface area contributed by atoms with Gasteiger partial charge in [0, 0.05) is 3.57 Å². The third kappa shape index (κ3) is 1.77. The fourth-order valence-electron chi connectivity index (χ4n) is 0.763. The van der Waals surface area contributed by atoms with Crippen LogP contribution in [0.2, 0.25) is 0 Å². The smallest absolute Gasteiger partial charge is 0.149 e. The topological polar surface area (TPSA) is 12.4 Å². The predicted molar refractivity (Wildman–Crippen MR) is 53.1 cm³/mol. The number of rotatable bonds is 1. The van der Waals surface area contributed by atoms with Crippen LogP contribution in [-0.2, 0) is 0 Å². The lowest BCUT2D eigenvalue weighted by molar-refractivity contribution is 0.628. The van der Waals surface area contributed by atoms with Crippen molar-refractivity contribution >= 4 is 35.0 Å². The molecular formula is C8H7FIN. The molecule has 0 radical (unpaired) electrons. The second kappa shape index (κ2) is 3.30. The summed E-state index contributed by atoms with van der Waals surface area (Å²) in [7, 11) is 0. The summed E-state index contributed by atoms with van der Waals surface area (Å²) in [6, 6.07) is 3.14. The molecule has 3 heteroatoms. The Hall–Kier alpha value is -0.450. The predicted octanol–water partition coefficient (Wildman–Crippen LogP) is 3.07. The van der Waals surface area contributed by atoms with Crippen LogP contribution in [0.1, 0.15) is 5.56 Å². The van der Waals surface area contributed by atoms with E-state index in [9.17, 15) is 4.39 Å². The maximum atomic E-state index is 12.9. The lowest BCUT2D eigenvalue weighted by Crippen LogP contribution is -1.83. The Labute approximate surface area is 78.5 Å². The Morgan fingerprint density at radius 2 is 2.18 bits per heavy atom. The number of halogens is 2. The summed E-state index contributed by atoms with van der Waals surface area (Å²) in [5.74, 6) is -0.310. The van der Waals surface area contributed by atoms with E-state index < -0.39 is 0 Å². The number of aryl methyl sites for hydroxylation is 1. The molecule has 0 fully saturated rings. The maximum absolute atomic E-state index is 12.9. The molecule has 0 saturated heterocycles. The quantitative estimate of drug-likeness (QED) is 0.545. The van der Waals surface area contributed by atoms with Gasteiger partial charge in [-0.3, -0.25) is 4.99 Å². The standard InChI is InChI=1S/C8H7FIN/c1-5-3-8(11-2)6(9)4-7(5)10/h3-4H,2H2,1H3. The number of aliphatic imine (C=N–C) groups is 1. The Morgan fingerprint density at radius 1 is 1.55 bits per heavy atom. The molecule has 0 heterocycles. The van der Waals surface area contributed by atoms with E-state index in [1.807, 2.05) is 6.92 Å². The van der Waals surface area contributed by atoms with Gasteiger partial charge >= 0.3 is 0 Å². The first kappa shape index (κ1) is 8.64. The van der Waals surface area contributed by atoms with E-state index in [2.05, 4.69) is 34.3 Å². The molecule has 0 aliphatic carbocycles. The van der Waals surface area contributed by atoms with Crippen LogP contribution in [-0.4, -0.2) is 6.72 Å². The van der Waals surface area contributed by atoms with Crippen LogP contribution in [0.5, 0.6) is 0 Å². The first-order valence-corrected chi connectivity index (χ1v) is 4.15. The molecule has 0 spiro atoms. The molecule has 0 N–H and O–H groups in total. The molecule has 0 amide bonds. The largest absolute Gasteiger partial charge is 0.262 e. The van der Waals surface area contributed by atoms with Crippen molar-refractivity contribution in [1.29, 1.82) is 0 Å². The number of hydrogen-bond donors (Lipinski definition) is 0. The SMILES string of the molecule is C=Nc1cc(C)c(I)cc1F. The summed E-state index contributed by atoms with van der Waals surface area (Å²) in [6.07, 6.45) is 0. The zero-order valence-electron chi connectivity index (χ0n) is 6.06. The van der Waals surface area contributed by atoms with E-state index in [0.717, 1.165) is 9.13 Å². The van der Waals surface area contributed by atoms with Crippen molar-refractivity contribution < 1.29 is 4.39 Å². The second-order valence-corrected chi connectivity index (χ2v) is 3.37. The highest BCUT2D eigenvalue weighted by atomic mass is 127. The van der Waals surface area contributed by atoms with Crippen molar-refractivity contribution in [2.75, 3.05) is 0 Å². The highest BCUT2D eigenvalue weighted by Crippen LogP contribution is 2.22. The Kier molecular flexibility index (Phi) is 2.59. The lowest BCUT2D eigenvalue weighted by atomic mass is 10.2. The van der Waals surface area contributed by atoms with E-state index in [0.29, 0.717) is 5.69 Å². The summed E-state index contributed by atoms with van der Waals surface area (Å²) < 4.78 is 13.8. The van der Waals surface area contributed by atoms with Crippen molar-refractivity contribution in [2.24, 2.45) is 4.99 Å². The van der Waals surface area contributed by atoms with Crippen LogP contribution in [0.25, 0.3) is 0 Å². The van der Waals surface area contributed by atoms with Gasteiger partial charge in [0.1, 0.15) is 5.82 Å². The van der Waals surface area contributed by atoms with Crippen LogP contribution in [0.4, 0.5) is 10.1 Å². The first-order valence-electron chi connectivity index (χ1n) is 3.07. The molecule has 0 aliphatic heterocycles. The minimum atomic E-state index is -0.310. The fourth-order valence-corrected chi connectivity index (χ4v) is 1.19. The Balaban J connectivity index is 3.31. The second-order valence-electron chi connectivity index (χ2n) is 2.21. The van der Waals surface area contributed by atoms with Crippen LogP contribution >= 0.6 is 22.6 Å². The minimum Gasteiger partial charge on any atom is -0.262 e. The van der Waals surface area contributed by atoms with Gasteiger partial charge in [0.25, 0.3) is 0 Å². The van der Waals surface area contributed by atoms with E-state index in [1.165, 1.54) is 6.07 Å². The molecule has 0 saturated carbocycles. The molecule has 1 aromatic rings. The van der Waals surface area contributed by atoms with Crippen LogP contribution in [0.15, 0.2) is 17.1 Å². The molecule has 1 rings (SSSR count). The summed E-state index contributed by atoms with van der Waals surface area (Å²) in [5, 5.41) is 0. The number of benzene rings is 1. The van der Waals surface area contributed by atoms with E-state index >= 15 is 0 Å². The molecule has 0 unspecified atom stereocenters. The van der Waals surface area contributed by atoms with Crippen molar-refractivity contribution in [3.63, 3.8) is 0 Å². The van der Waals surface area contributed by atoms with E-state index in [4.69, 9.17) is 0 Å². The summed E-state index contributed by atoms with van der Waals surface area (Å²) >= 11 is 2.08. The third-order valence-corrected chi connectivity index (χ3v) is 2.56. The summed E-state index contributed by atoms with van der Waals surface area (Å²) in [4.78, 5) is 3.54. The molecule has 0 aromatic heterocycles. The molecule has 11 heavy (non-hydrogen) atoms. The molecule has 0 bridgehead atoms. The molecule has 1 aromatic carbocycles. The highest BCUT2D eigenvalue weighted by Gasteiger charge is 2.02. The molecule has 58 valence electrons.